The van der Waals surface area contributed by atoms with Crippen molar-refractivity contribution < 1.29 is 0 Å². The molecule has 0 aromatic heterocycles. The lowest BCUT2D eigenvalue weighted by molar-refractivity contribution is 1.13. The molecule has 0 unspecified atom stereocenters. The van der Waals surface area contributed by atoms with Crippen LogP contribution in [0, 0.1) is 0 Å². The summed E-state index contributed by atoms with van der Waals surface area (Å²) in [6.45, 7) is 0. The van der Waals surface area contributed by atoms with Crippen molar-refractivity contribution in [3.63, 3.8) is 0 Å². The lowest BCUT2D eigenvalue weighted by Crippen LogP contribution is -2.08. The molecule has 0 heterocycles. The van der Waals surface area contributed by atoms with Crippen LogP contribution in [0.1, 0.15) is 0 Å². The first kappa shape index (κ1) is 11.3. The van der Waals surface area contributed by atoms with Gasteiger partial charge in [0.05, 0.1) is 0 Å². The zero-order valence-corrected chi connectivity index (χ0v) is 10.1. The van der Waals surface area contributed by atoms with E-state index in [1.165, 1.54) is 0 Å². The molecule has 0 bridgehead atoms. The molecule has 0 saturated carbocycles. The van der Waals surface area contributed by atoms with Crippen molar-refractivity contribution in [3.8, 4) is 11.1 Å². The van der Waals surface area contributed by atoms with E-state index in [2.05, 4.69) is 17.0 Å². The van der Waals surface area contributed by atoms with Gasteiger partial charge in [-0.3, -0.25) is 0 Å². The third-order valence-corrected chi connectivity index (χ3v) is 2.75. The van der Waals surface area contributed by atoms with Gasteiger partial charge in [0.1, 0.15) is 0 Å². The maximum atomic E-state index is 5.98. The Labute approximate surface area is 102 Å². The normalized spacial score (nSPS) is 10.2. The number of hydrogen-bond donors (Lipinski definition) is 2. The molecule has 4 N–H and O–H groups in total. The second-order valence-corrected chi connectivity index (χ2v) is 4.29. The van der Waals surface area contributed by atoms with E-state index in [-0.39, 0.29) is 0 Å². The Morgan fingerprint density at radius 1 is 0.941 bits per heavy atom. The summed E-state index contributed by atoms with van der Waals surface area (Å²) in [5.41, 5.74) is 16.5. The molecule has 88 valence electrons. The van der Waals surface area contributed by atoms with Gasteiger partial charge < -0.3 is 16.4 Å². The molecule has 0 amide bonds. The predicted octanol–water partition coefficient (Wildman–Crippen LogP) is 2.58. The third-order valence-electron chi connectivity index (χ3n) is 2.75. The van der Waals surface area contributed by atoms with Gasteiger partial charge in [0.15, 0.2) is 0 Å². The summed E-state index contributed by atoms with van der Waals surface area (Å²) < 4.78 is 0. The fraction of sp³-hybridized carbons (Fsp3) is 0.143. The lowest BCUT2D eigenvalue weighted by Gasteiger charge is -2.14. The SMILES string of the molecule is CN(C)c1cccc(-c2cc(N)ccc2N)c1. The van der Waals surface area contributed by atoms with Crippen molar-refractivity contribution in [2.75, 3.05) is 30.5 Å². The summed E-state index contributed by atoms with van der Waals surface area (Å²) in [6, 6.07) is 13.8. The van der Waals surface area contributed by atoms with Gasteiger partial charge in [-0.15, -0.1) is 0 Å². The third kappa shape index (κ3) is 2.33. The zero-order chi connectivity index (χ0) is 12.4. The minimum atomic E-state index is 0.726. The fourth-order valence-corrected chi connectivity index (χ4v) is 1.78. The molecule has 0 atom stereocenters. The monoisotopic (exact) mass is 227 g/mol. The maximum Gasteiger partial charge on any atom is 0.0395 e. The molecule has 0 spiro atoms. The molecule has 0 aliphatic heterocycles. The standard InChI is InChI=1S/C14H17N3/c1-17(2)12-5-3-4-10(8-12)13-9-11(15)6-7-14(13)16/h3-9H,15-16H2,1-2H3. The molecule has 0 saturated heterocycles. The van der Waals surface area contributed by atoms with E-state index >= 15 is 0 Å². The Bertz CT molecular complexity index is 533. The van der Waals surface area contributed by atoms with Crippen LogP contribution in [-0.2, 0) is 0 Å². The molecule has 2 aromatic rings. The van der Waals surface area contributed by atoms with Crippen LogP contribution in [0.3, 0.4) is 0 Å². The number of anilines is 3. The van der Waals surface area contributed by atoms with Crippen molar-refractivity contribution in [2.45, 2.75) is 0 Å². The zero-order valence-electron chi connectivity index (χ0n) is 10.1. The van der Waals surface area contributed by atoms with E-state index in [0.29, 0.717) is 0 Å². The Kier molecular flexibility index (Phi) is 2.91. The summed E-state index contributed by atoms with van der Waals surface area (Å²) in [6.07, 6.45) is 0. The second-order valence-electron chi connectivity index (χ2n) is 4.29. The van der Waals surface area contributed by atoms with Crippen molar-refractivity contribution >= 4 is 17.1 Å². The number of hydrogen-bond acceptors (Lipinski definition) is 3. The quantitative estimate of drug-likeness (QED) is 0.775. The summed E-state index contributed by atoms with van der Waals surface area (Å²) in [7, 11) is 4.03. The van der Waals surface area contributed by atoms with Crippen molar-refractivity contribution in [2.24, 2.45) is 0 Å². The highest BCUT2D eigenvalue weighted by Crippen LogP contribution is 2.30. The van der Waals surface area contributed by atoms with Crippen LogP contribution in [0.4, 0.5) is 17.1 Å². The largest absolute Gasteiger partial charge is 0.399 e. The molecule has 3 nitrogen and oxygen atoms in total. The second kappa shape index (κ2) is 4.37. The van der Waals surface area contributed by atoms with Gasteiger partial charge in [-0.1, -0.05) is 12.1 Å². The first-order valence-electron chi connectivity index (χ1n) is 5.50. The summed E-state index contributed by atoms with van der Waals surface area (Å²) in [5.74, 6) is 0. The summed E-state index contributed by atoms with van der Waals surface area (Å²) in [5, 5.41) is 0. The Balaban J connectivity index is 2.52. The van der Waals surface area contributed by atoms with E-state index in [1.54, 1.807) is 0 Å². The highest BCUT2D eigenvalue weighted by atomic mass is 15.1. The lowest BCUT2D eigenvalue weighted by atomic mass is 10.0. The van der Waals surface area contributed by atoms with Gasteiger partial charge in [-0.05, 0) is 35.9 Å². The van der Waals surface area contributed by atoms with Gasteiger partial charge in [0.25, 0.3) is 0 Å². The first-order valence-corrected chi connectivity index (χ1v) is 5.50. The molecular formula is C14H17N3. The minimum Gasteiger partial charge on any atom is -0.399 e. The molecule has 2 aromatic carbocycles. The Morgan fingerprint density at radius 3 is 2.41 bits per heavy atom. The highest BCUT2D eigenvalue weighted by molar-refractivity contribution is 5.80. The van der Waals surface area contributed by atoms with Crippen LogP contribution < -0.4 is 16.4 Å². The number of rotatable bonds is 2. The highest BCUT2D eigenvalue weighted by Gasteiger charge is 2.04. The minimum absolute atomic E-state index is 0.726. The molecule has 0 aliphatic rings. The maximum absolute atomic E-state index is 5.98. The first-order chi connectivity index (χ1) is 8.08. The molecule has 0 radical (unpaired) electrons. The van der Waals surface area contributed by atoms with Crippen LogP contribution in [0.15, 0.2) is 42.5 Å². The summed E-state index contributed by atoms with van der Waals surface area (Å²) >= 11 is 0. The van der Waals surface area contributed by atoms with E-state index in [9.17, 15) is 0 Å². The van der Waals surface area contributed by atoms with Gasteiger partial charge in [-0.25, -0.2) is 0 Å². The van der Waals surface area contributed by atoms with Crippen LogP contribution >= 0.6 is 0 Å². The van der Waals surface area contributed by atoms with E-state index < -0.39 is 0 Å². The topological polar surface area (TPSA) is 55.3 Å². The molecule has 17 heavy (non-hydrogen) atoms. The van der Waals surface area contributed by atoms with E-state index in [4.69, 9.17) is 11.5 Å². The van der Waals surface area contributed by atoms with Crippen LogP contribution in [0.5, 0.6) is 0 Å². The van der Waals surface area contributed by atoms with E-state index in [0.717, 1.165) is 28.2 Å². The van der Waals surface area contributed by atoms with Gasteiger partial charge >= 0.3 is 0 Å². The van der Waals surface area contributed by atoms with Crippen molar-refractivity contribution in [3.05, 3.63) is 42.5 Å². The van der Waals surface area contributed by atoms with Crippen molar-refractivity contribution in [1.82, 2.24) is 0 Å². The Hall–Kier alpha value is -2.16. The smallest absolute Gasteiger partial charge is 0.0395 e. The number of benzene rings is 2. The predicted molar refractivity (Wildman–Crippen MR) is 75.0 cm³/mol. The van der Waals surface area contributed by atoms with Crippen LogP contribution in [0.2, 0.25) is 0 Å². The molecule has 0 fully saturated rings. The number of nitrogen functional groups attached to an aromatic ring is 2. The van der Waals surface area contributed by atoms with Crippen LogP contribution in [-0.4, -0.2) is 14.1 Å². The van der Waals surface area contributed by atoms with Crippen LogP contribution in [0.25, 0.3) is 11.1 Å². The Morgan fingerprint density at radius 2 is 1.71 bits per heavy atom. The molecule has 2 rings (SSSR count). The van der Waals surface area contributed by atoms with Gasteiger partial charge in [-0.2, -0.15) is 0 Å². The molecular weight excluding hydrogens is 210 g/mol. The average molecular weight is 227 g/mol. The number of nitrogens with two attached hydrogens (primary N) is 2. The van der Waals surface area contributed by atoms with Gasteiger partial charge in [0.2, 0.25) is 0 Å². The molecule has 3 heteroatoms. The fourth-order valence-electron chi connectivity index (χ4n) is 1.78. The van der Waals surface area contributed by atoms with E-state index in [1.807, 2.05) is 44.4 Å². The molecule has 0 aliphatic carbocycles. The average Bonchev–Trinajstić information content (AvgIpc) is 2.32. The summed E-state index contributed by atoms with van der Waals surface area (Å²) in [4.78, 5) is 2.06. The van der Waals surface area contributed by atoms with Gasteiger partial charge in [0, 0.05) is 36.7 Å². The van der Waals surface area contributed by atoms with Crippen molar-refractivity contribution in [1.29, 1.82) is 0 Å². The number of nitrogens with zero attached hydrogens (tertiary/aromatic N) is 1.